The molecule has 0 saturated heterocycles. The lowest BCUT2D eigenvalue weighted by Crippen LogP contribution is -2.19. The highest BCUT2D eigenvalue weighted by Gasteiger charge is 2.48. The zero-order valence-electron chi connectivity index (χ0n) is 17.0. The van der Waals surface area contributed by atoms with Crippen LogP contribution in [-0.2, 0) is 11.2 Å². The van der Waals surface area contributed by atoms with E-state index in [0.717, 1.165) is 16.9 Å². The highest BCUT2D eigenvalue weighted by molar-refractivity contribution is 5.66. The van der Waals surface area contributed by atoms with Crippen molar-refractivity contribution in [1.82, 2.24) is 0 Å². The quantitative estimate of drug-likeness (QED) is 0.462. The van der Waals surface area contributed by atoms with E-state index in [9.17, 15) is 15.0 Å². The third-order valence-corrected chi connectivity index (χ3v) is 6.04. The summed E-state index contributed by atoms with van der Waals surface area (Å²) in [5.74, 6) is 5.87. The van der Waals surface area contributed by atoms with Crippen LogP contribution in [0, 0.1) is 23.7 Å². The molecule has 1 saturated carbocycles. The van der Waals surface area contributed by atoms with Crippen molar-refractivity contribution >= 4 is 5.97 Å². The number of hydrogen-bond acceptors (Lipinski definition) is 4. The molecule has 1 aromatic rings. The van der Waals surface area contributed by atoms with Gasteiger partial charge in [-0.2, -0.15) is 0 Å². The molecule has 0 aromatic heterocycles. The Hall–Kier alpha value is -2.29. The van der Waals surface area contributed by atoms with Crippen molar-refractivity contribution in [2.24, 2.45) is 11.8 Å². The maximum Gasteiger partial charge on any atom is 0.303 e. The number of hydrogen-bond donors (Lipinski definition) is 3. The largest absolute Gasteiger partial charge is 0.489 e. The molecule has 1 heterocycles. The van der Waals surface area contributed by atoms with Crippen molar-refractivity contribution in [3.8, 4) is 17.6 Å². The van der Waals surface area contributed by atoms with Gasteiger partial charge in [0.15, 0.2) is 0 Å². The van der Waals surface area contributed by atoms with Gasteiger partial charge in [-0.25, -0.2) is 0 Å². The molecule has 0 unspecified atom stereocenters. The summed E-state index contributed by atoms with van der Waals surface area (Å²) in [6, 6.07) is 6.01. The fourth-order valence-electron chi connectivity index (χ4n) is 4.41. The van der Waals surface area contributed by atoms with Crippen LogP contribution in [0.1, 0.15) is 56.6 Å². The number of carbonyl (C=O) groups is 1. The number of aliphatic carboxylic acids is 1. The SMILES string of the molecule is CC#CC[C@@H](C)[C@H](O)/C=C/[C@H]1[C@H]2c3cccc(CCCC(=O)O)c3O[C@@H]2C[C@H]1O. The lowest BCUT2D eigenvalue weighted by molar-refractivity contribution is -0.137. The summed E-state index contributed by atoms with van der Waals surface area (Å²) in [6.45, 7) is 3.75. The van der Waals surface area contributed by atoms with Gasteiger partial charge in [-0.15, -0.1) is 11.8 Å². The minimum atomic E-state index is -0.790. The number of carboxylic acids is 1. The van der Waals surface area contributed by atoms with E-state index >= 15 is 0 Å². The van der Waals surface area contributed by atoms with Crippen LogP contribution in [0.5, 0.6) is 5.75 Å². The summed E-state index contributed by atoms with van der Waals surface area (Å²) in [7, 11) is 0. The Kier molecular flexibility index (Phi) is 7.00. The van der Waals surface area contributed by atoms with Crippen molar-refractivity contribution in [1.29, 1.82) is 0 Å². The van der Waals surface area contributed by atoms with E-state index in [-0.39, 0.29) is 30.3 Å². The Morgan fingerprint density at radius 2 is 2.21 bits per heavy atom. The van der Waals surface area contributed by atoms with Crippen LogP contribution < -0.4 is 4.74 Å². The van der Waals surface area contributed by atoms with E-state index < -0.39 is 18.2 Å². The monoisotopic (exact) mass is 398 g/mol. The van der Waals surface area contributed by atoms with Crippen LogP contribution in [-0.4, -0.2) is 39.6 Å². The molecule has 1 aliphatic carbocycles. The Morgan fingerprint density at radius 3 is 2.93 bits per heavy atom. The molecule has 1 aromatic carbocycles. The van der Waals surface area contributed by atoms with Gasteiger partial charge < -0.3 is 20.1 Å². The van der Waals surface area contributed by atoms with Gasteiger partial charge in [-0.05, 0) is 31.2 Å². The second-order valence-corrected chi connectivity index (χ2v) is 8.13. The molecule has 1 aliphatic heterocycles. The Bertz CT molecular complexity index is 818. The summed E-state index contributed by atoms with van der Waals surface area (Å²) in [5.41, 5.74) is 2.11. The number of para-hydroxylation sites is 1. The van der Waals surface area contributed by atoms with E-state index in [4.69, 9.17) is 9.84 Å². The highest BCUT2D eigenvalue weighted by atomic mass is 16.5. The summed E-state index contributed by atoms with van der Waals surface area (Å²) < 4.78 is 6.21. The Labute approximate surface area is 172 Å². The van der Waals surface area contributed by atoms with Crippen LogP contribution in [0.4, 0.5) is 0 Å². The van der Waals surface area contributed by atoms with E-state index in [1.54, 1.807) is 13.0 Å². The standard InChI is InChI=1S/C24H30O5/c1-3-4-7-15(2)19(25)13-12-17-20(26)14-21-23(17)18-10-5-8-16(24(18)29-21)9-6-11-22(27)28/h5,8,10,12-13,15,17,19-21,23,25-26H,6-7,9,11,14H2,1-2H3,(H,27,28)/b13-12+/t15-,17-,19-,20-,21-,23+/m1/s1. The first-order chi connectivity index (χ1) is 13.9. The minimum absolute atomic E-state index is 0.0287. The molecule has 156 valence electrons. The molecule has 29 heavy (non-hydrogen) atoms. The lowest BCUT2D eigenvalue weighted by Gasteiger charge is -2.19. The maximum atomic E-state index is 10.8. The predicted molar refractivity (Wildman–Crippen MR) is 111 cm³/mol. The number of aryl methyl sites for hydroxylation is 1. The minimum Gasteiger partial charge on any atom is -0.489 e. The maximum absolute atomic E-state index is 10.8. The molecule has 2 aliphatic rings. The lowest BCUT2D eigenvalue weighted by atomic mass is 9.86. The zero-order chi connectivity index (χ0) is 21.0. The number of fused-ring (bicyclic) bond motifs is 3. The van der Waals surface area contributed by atoms with Crippen molar-refractivity contribution < 1.29 is 24.9 Å². The van der Waals surface area contributed by atoms with E-state index in [0.29, 0.717) is 25.7 Å². The molecule has 1 fully saturated rings. The number of aliphatic hydroxyl groups excluding tert-OH is 2. The van der Waals surface area contributed by atoms with Crippen LogP contribution in [0.3, 0.4) is 0 Å². The van der Waals surface area contributed by atoms with Gasteiger partial charge in [0, 0.05) is 36.7 Å². The first-order valence-electron chi connectivity index (χ1n) is 10.4. The second-order valence-electron chi connectivity index (χ2n) is 8.13. The molecule has 6 atom stereocenters. The Morgan fingerprint density at radius 1 is 1.41 bits per heavy atom. The number of rotatable bonds is 8. The molecule has 0 spiro atoms. The van der Waals surface area contributed by atoms with Crippen molar-refractivity contribution in [2.45, 2.75) is 70.2 Å². The molecule has 0 amide bonds. The fourth-order valence-corrected chi connectivity index (χ4v) is 4.41. The molecule has 5 heteroatoms. The smallest absolute Gasteiger partial charge is 0.303 e. The van der Waals surface area contributed by atoms with Crippen molar-refractivity contribution in [2.75, 3.05) is 0 Å². The van der Waals surface area contributed by atoms with E-state index in [1.807, 2.05) is 31.2 Å². The number of benzene rings is 1. The number of carboxylic acid groups (broad SMARTS) is 1. The van der Waals surface area contributed by atoms with Crippen LogP contribution in [0.2, 0.25) is 0 Å². The predicted octanol–water partition coefficient (Wildman–Crippen LogP) is 3.29. The first kappa shape index (κ1) is 21.4. The molecular weight excluding hydrogens is 368 g/mol. The summed E-state index contributed by atoms with van der Waals surface area (Å²) >= 11 is 0. The molecule has 3 N–H and O–H groups in total. The second kappa shape index (κ2) is 9.47. The van der Waals surface area contributed by atoms with Crippen LogP contribution in [0.25, 0.3) is 0 Å². The van der Waals surface area contributed by atoms with Gasteiger partial charge in [-0.1, -0.05) is 37.3 Å². The van der Waals surface area contributed by atoms with Gasteiger partial charge >= 0.3 is 5.97 Å². The summed E-state index contributed by atoms with van der Waals surface area (Å²) in [5, 5.41) is 29.9. The van der Waals surface area contributed by atoms with Gasteiger partial charge in [0.25, 0.3) is 0 Å². The van der Waals surface area contributed by atoms with Crippen LogP contribution >= 0.6 is 0 Å². The average Bonchev–Trinajstić information content (AvgIpc) is 3.19. The third-order valence-electron chi connectivity index (χ3n) is 6.04. The normalized spacial score (nSPS) is 26.9. The van der Waals surface area contributed by atoms with Crippen LogP contribution in [0.15, 0.2) is 30.4 Å². The zero-order valence-corrected chi connectivity index (χ0v) is 17.0. The van der Waals surface area contributed by atoms with E-state index in [2.05, 4.69) is 11.8 Å². The topological polar surface area (TPSA) is 87.0 Å². The molecular formula is C24H30O5. The Balaban J connectivity index is 1.75. The van der Waals surface area contributed by atoms with E-state index in [1.165, 1.54) is 0 Å². The molecule has 0 radical (unpaired) electrons. The molecule has 3 rings (SSSR count). The highest BCUT2D eigenvalue weighted by Crippen LogP contribution is 2.52. The molecule has 5 nitrogen and oxygen atoms in total. The van der Waals surface area contributed by atoms with Crippen molar-refractivity contribution in [3.05, 3.63) is 41.5 Å². The average molecular weight is 398 g/mol. The first-order valence-corrected chi connectivity index (χ1v) is 10.4. The van der Waals surface area contributed by atoms with Gasteiger partial charge in [0.1, 0.15) is 11.9 Å². The summed E-state index contributed by atoms with van der Waals surface area (Å²) in [4.78, 5) is 10.8. The fraction of sp³-hybridized carbons (Fsp3) is 0.542. The van der Waals surface area contributed by atoms with Gasteiger partial charge in [0.2, 0.25) is 0 Å². The number of aliphatic hydroxyl groups is 2. The van der Waals surface area contributed by atoms with Crippen molar-refractivity contribution in [3.63, 3.8) is 0 Å². The van der Waals surface area contributed by atoms with Gasteiger partial charge in [-0.3, -0.25) is 4.79 Å². The summed E-state index contributed by atoms with van der Waals surface area (Å²) in [6.07, 6.45) is 5.07. The van der Waals surface area contributed by atoms with Gasteiger partial charge in [0.05, 0.1) is 12.2 Å². The number of ether oxygens (including phenoxy) is 1. The third kappa shape index (κ3) is 4.83. The molecule has 0 bridgehead atoms.